The van der Waals surface area contributed by atoms with Gasteiger partial charge in [-0.15, -0.1) is 0 Å². The number of hydrogen-bond donors (Lipinski definition) is 4. The van der Waals surface area contributed by atoms with Crippen molar-refractivity contribution in [2.24, 2.45) is 0 Å². The molecule has 88 heavy (non-hydrogen) atoms. The number of fused-ring (bicyclic) bond motifs is 1. The number of rotatable bonds is 32. The first-order valence-electron chi connectivity index (χ1n) is 29.2. The van der Waals surface area contributed by atoms with Crippen LogP contribution in [0.1, 0.15) is 86.6 Å². The number of carbonyl (C=O) groups is 3. The number of benzene rings is 2. The molecule has 0 radical (unpaired) electrons. The predicted molar refractivity (Wildman–Crippen MR) is 318 cm³/mol. The average Bonchev–Trinajstić information content (AvgIpc) is 1.69. The zero-order valence-corrected chi connectivity index (χ0v) is 50.1. The minimum absolute atomic E-state index is 0.0188. The van der Waals surface area contributed by atoms with Crippen molar-refractivity contribution in [2.45, 2.75) is 106 Å². The highest BCUT2D eigenvalue weighted by atomic mass is 35.5. The normalized spacial score (nSPS) is 17.2. The van der Waals surface area contributed by atoms with Crippen LogP contribution in [0.15, 0.2) is 96.3 Å². The van der Waals surface area contributed by atoms with E-state index in [1.807, 2.05) is 28.9 Å². The molecule has 0 spiro atoms. The van der Waals surface area contributed by atoms with Crippen LogP contribution in [0.4, 0.5) is 36.3 Å². The molecule has 1 aliphatic carbocycles. The van der Waals surface area contributed by atoms with Gasteiger partial charge in [-0.05, 0) is 80.5 Å². The summed E-state index contributed by atoms with van der Waals surface area (Å²) in [6.45, 7) is 5.21. The van der Waals surface area contributed by atoms with Gasteiger partial charge in [0.25, 0.3) is 11.8 Å². The van der Waals surface area contributed by atoms with Crippen molar-refractivity contribution >= 4 is 68.1 Å². The number of ether oxygens (including phenoxy) is 5. The number of hydrogen-bond acceptors (Lipinski definition) is 18. The van der Waals surface area contributed by atoms with Crippen LogP contribution in [-0.4, -0.2) is 159 Å². The minimum Gasteiger partial charge on any atom is -0.475 e. The molecule has 470 valence electrons. The molecule has 6 heterocycles. The number of nitrogens with zero attached hydrogens (tertiary/aromatic N) is 9. The summed E-state index contributed by atoms with van der Waals surface area (Å²) in [4.78, 5) is 60.2. The van der Waals surface area contributed by atoms with Crippen LogP contribution in [0, 0.1) is 17.1 Å². The molecule has 9 rings (SSSR count). The Labute approximate surface area is 512 Å². The van der Waals surface area contributed by atoms with Crippen LogP contribution in [0.25, 0.3) is 5.65 Å². The van der Waals surface area contributed by atoms with E-state index in [2.05, 4.69) is 42.2 Å². The Balaban J connectivity index is 0.698. The van der Waals surface area contributed by atoms with E-state index in [4.69, 9.17) is 40.3 Å². The standard InChI is InChI=1S/C60H70ClF3N12O11S/c1-2-42-39-69-76-52(33-53(72-57(42)76)73-18-6-5-7-45(73)15-19-77)67-37-41-10-12-54(68-38-41)87-28-27-86-26-25-85-24-23-84-22-21-83-20-17-70-88(81,82)47-31-43(62)30-46(32-47)74(59(80)50-11-13-55(78)75(50)51-29-40(36-65)14-16-66-51)56(48-8-3-4-9-49(48)61)58(79)71-44-34-60(63,64)35-44/h3-4,8-10,12,14,16,29-33,38-39,44-45,50,56,67,70,77H,2,5-7,11,13,15,17-28,34-35,37H2,1H3,(H,71,79)/t45-,50-,56?/m0/s1. The Hall–Kier alpha value is -7.55. The van der Waals surface area contributed by atoms with Gasteiger partial charge in [0.05, 0.1) is 75.6 Å². The van der Waals surface area contributed by atoms with Crippen molar-refractivity contribution in [3.8, 4) is 11.9 Å². The van der Waals surface area contributed by atoms with Gasteiger partial charge < -0.3 is 44.3 Å². The Kier molecular flexibility index (Phi) is 22.6. The molecular weight excluding hydrogens is 1190 g/mol. The van der Waals surface area contributed by atoms with Gasteiger partial charge in [0.2, 0.25) is 27.7 Å². The lowest BCUT2D eigenvalue weighted by Crippen LogP contribution is -2.56. The summed E-state index contributed by atoms with van der Waals surface area (Å²) in [7, 11) is -4.55. The number of piperidine rings is 1. The van der Waals surface area contributed by atoms with Crippen LogP contribution < -0.4 is 34.8 Å². The van der Waals surface area contributed by atoms with Crippen LogP contribution in [0.5, 0.6) is 5.88 Å². The minimum atomic E-state index is -4.55. The molecule has 6 aromatic rings. The molecule has 28 heteroatoms. The van der Waals surface area contributed by atoms with E-state index in [0.717, 1.165) is 82.6 Å². The maximum atomic E-state index is 15.9. The third-order valence-corrected chi connectivity index (χ3v) is 16.9. The molecule has 0 bridgehead atoms. The summed E-state index contributed by atoms with van der Waals surface area (Å²) >= 11 is 6.65. The van der Waals surface area contributed by atoms with Gasteiger partial charge in [-0.3, -0.25) is 24.2 Å². The van der Waals surface area contributed by atoms with Crippen molar-refractivity contribution in [1.29, 1.82) is 5.26 Å². The smallest absolute Gasteiger partial charge is 0.252 e. The van der Waals surface area contributed by atoms with E-state index >= 15 is 9.18 Å². The van der Waals surface area contributed by atoms with Gasteiger partial charge in [-0.25, -0.2) is 41.3 Å². The first-order valence-corrected chi connectivity index (χ1v) is 31.0. The van der Waals surface area contributed by atoms with Crippen LogP contribution in [0.3, 0.4) is 0 Å². The number of aliphatic hydroxyl groups is 1. The number of carbonyl (C=O) groups excluding carboxylic acids is 3. The lowest BCUT2D eigenvalue weighted by atomic mass is 9.87. The number of anilines is 4. The van der Waals surface area contributed by atoms with Gasteiger partial charge in [0.1, 0.15) is 42.0 Å². The van der Waals surface area contributed by atoms with Crippen LogP contribution in [0.2, 0.25) is 5.02 Å². The molecule has 1 saturated carbocycles. The summed E-state index contributed by atoms with van der Waals surface area (Å²) in [6, 6.07) is 14.8. The number of sulfonamides is 1. The zero-order valence-electron chi connectivity index (χ0n) is 48.5. The highest BCUT2D eigenvalue weighted by Gasteiger charge is 2.49. The number of alkyl halides is 2. The van der Waals surface area contributed by atoms with E-state index in [1.54, 1.807) is 18.3 Å². The highest BCUT2D eigenvalue weighted by Crippen LogP contribution is 2.41. The molecule has 4 aromatic heterocycles. The number of nitrogens with one attached hydrogen (secondary N) is 3. The Morgan fingerprint density at radius 1 is 0.909 bits per heavy atom. The maximum Gasteiger partial charge on any atom is 0.252 e. The van der Waals surface area contributed by atoms with E-state index in [-0.39, 0.29) is 93.6 Å². The topological polar surface area (TPSA) is 277 Å². The van der Waals surface area contributed by atoms with E-state index < -0.39 is 81.0 Å². The van der Waals surface area contributed by atoms with Crippen molar-refractivity contribution in [3.63, 3.8) is 0 Å². The molecule has 1 unspecified atom stereocenters. The lowest BCUT2D eigenvalue weighted by molar-refractivity contribution is -0.133. The SMILES string of the molecule is CCc1cnn2c(NCc3ccc(OCCOCCOCCOCCOCCNS(=O)(=O)c4cc(F)cc(N(C(=O)[C@@H]5CCC(=O)N5c5cc(C#N)ccn5)C(C(=O)NC5CC(F)(F)C5)c5ccccc5Cl)c4)nc3)cc(N3CCCC[C@H]3CCO)nc12. The number of nitriles is 1. The predicted octanol–water partition coefficient (Wildman–Crippen LogP) is 6.71. The highest BCUT2D eigenvalue weighted by molar-refractivity contribution is 7.89. The molecular formula is C60H70ClF3N12O11S. The molecule has 3 fully saturated rings. The fraction of sp³-hybridized carbons (Fsp3) is 0.467. The quantitative estimate of drug-likeness (QED) is 0.0320. The fourth-order valence-electron chi connectivity index (χ4n) is 10.7. The second-order valence-corrected chi connectivity index (χ2v) is 23.4. The summed E-state index contributed by atoms with van der Waals surface area (Å²) in [5.74, 6) is -4.64. The van der Waals surface area contributed by atoms with Crippen molar-refractivity contribution < 1.29 is 64.8 Å². The molecule has 3 aliphatic rings. The monoisotopic (exact) mass is 1260 g/mol. The summed E-state index contributed by atoms with van der Waals surface area (Å²) in [5.41, 5.74) is 2.48. The number of halogens is 4. The third kappa shape index (κ3) is 16.6. The Morgan fingerprint density at radius 2 is 1.65 bits per heavy atom. The number of aryl methyl sites for hydroxylation is 1. The van der Waals surface area contributed by atoms with Gasteiger partial charge in [-0.2, -0.15) is 14.9 Å². The largest absolute Gasteiger partial charge is 0.475 e. The summed E-state index contributed by atoms with van der Waals surface area (Å²) in [5, 5.41) is 29.9. The molecule has 2 aliphatic heterocycles. The molecule has 4 N–H and O–H groups in total. The number of aliphatic hydroxyl groups excluding tert-OH is 1. The van der Waals surface area contributed by atoms with Crippen molar-refractivity contribution in [2.75, 3.05) is 99.2 Å². The summed E-state index contributed by atoms with van der Waals surface area (Å²) < 4.78 is 104. The second kappa shape index (κ2) is 30.6. The third-order valence-electron chi connectivity index (χ3n) is 15.1. The van der Waals surface area contributed by atoms with Crippen molar-refractivity contribution in [1.82, 2.24) is 34.6 Å². The Bertz CT molecular complexity index is 3520. The van der Waals surface area contributed by atoms with Gasteiger partial charge >= 0.3 is 0 Å². The van der Waals surface area contributed by atoms with Crippen LogP contribution in [-0.2, 0) is 56.3 Å². The van der Waals surface area contributed by atoms with E-state index in [9.17, 15) is 37.2 Å². The number of aromatic nitrogens is 5. The Morgan fingerprint density at radius 3 is 2.34 bits per heavy atom. The number of pyridine rings is 2. The second-order valence-electron chi connectivity index (χ2n) is 21.2. The molecule has 23 nitrogen and oxygen atoms in total. The van der Waals surface area contributed by atoms with Gasteiger partial charge in [0.15, 0.2) is 5.65 Å². The van der Waals surface area contributed by atoms with Crippen LogP contribution >= 0.6 is 11.6 Å². The molecule has 2 aromatic carbocycles. The van der Waals surface area contributed by atoms with E-state index in [0.29, 0.717) is 44.7 Å². The number of amides is 3. The maximum absolute atomic E-state index is 15.9. The van der Waals surface area contributed by atoms with E-state index in [1.165, 1.54) is 36.5 Å². The first kappa shape index (κ1) is 64.9. The average molecular weight is 1260 g/mol. The van der Waals surface area contributed by atoms with Gasteiger partial charge in [0, 0.05) is 104 Å². The molecule has 3 amide bonds. The molecule has 2 saturated heterocycles. The fourth-order valence-corrected chi connectivity index (χ4v) is 12.0. The molecule has 3 atom stereocenters. The summed E-state index contributed by atoms with van der Waals surface area (Å²) in [6.07, 6.45) is 7.92. The first-order chi connectivity index (χ1) is 42.6. The van der Waals surface area contributed by atoms with Gasteiger partial charge in [-0.1, -0.05) is 42.8 Å². The lowest BCUT2D eigenvalue weighted by Gasteiger charge is -2.39. The van der Waals surface area contributed by atoms with Crippen molar-refractivity contribution in [3.05, 3.63) is 124 Å². The zero-order chi connectivity index (χ0) is 62.2.